The van der Waals surface area contributed by atoms with Crippen LogP contribution in [0.2, 0.25) is 10.0 Å². The molecule has 0 saturated carbocycles. The Bertz CT molecular complexity index is 1220. The monoisotopic (exact) mass is 503 g/mol. The summed E-state index contributed by atoms with van der Waals surface area (Å²) in [4.78, 5) is 15.8. The van der Waals surface area contributed by atoms with Crippen molar-refractivity contribution in [3.63, 3.8) is 0 Å². The minimum Gasteiger partial charge on any atom is -0.378 e. The van der Waals surface area contributed by atoms with Gasteiger partial charge in [0.25, 0.3) is 5.91 Å². The van der Waals surface area contributed by atoms with E-state index in [1.807, 2.05) is 24.6 Å². The molecule has 0 atom stereocenters. The maximum absolute atomic E-state index is 13.3. The molecule has 1 fully saturated rings. The third kappa shape index (κ3) is 5.02. The van der Waals surface area contributed by atoms with Gasteiger partial charge in [-0.05, 0) is 32.0 Å². The first-order valence-corrected chi connectivity index (χ1v) is 12.1. The van der Waals surface area contributed by atoms with Crippen LogP contribution in [0.1, 0.15) is 26.6 Å². The number of halogens is 2. The molecule has 1 N–H and O–H groups in total. The van der Waals surface area contributed by atoms with Gasteiger partial charge in [0.05, 0.1) is 31.0 Å². The van der Waals surface area contributed by atoms with Crippen LogP contribution in [0.5, 0.6) is 0 Å². The molecule has 7 nitrogen and oxygen atoms in total. The molecule has 1 aromatic carbocycles. The van der Waals surface area contributed by atoms with E-state index in [0.29, 0.717) is 71.0 Å². The van der Waals surface area contributed by atoms with Gasteiger partial charge in [0.1, 0.15) is 15.9 Å². The second-order valence-corrected chi connectivity index (χ2v) is 9.57. The van der Waals surface area contributed by atoms with E-state index >= 15 is 0 Å². The van der Waals surface area contributed by atoms with E-state index in [1.165, 1.54) is 11.3 Å². The standard InChI is InChI=1S/C23H23Cl2N5O2S/c1-14-11-15(2)30(28-14)6-5-27-22(31)21-20(17-4-3-16(24)12-19(17)25)18(13-26)23(33-21)29-7-9-32-10-8-29/h3-4,11-12H,5-10H2,1-2H3,(H,27,31). The average molecular weight is 504 g/mol. The number of hydrogen-bond donors (Lipinski definition) is 1. The Kier molecular flexibility index (Phi) is 7.25. The number of carbonyl (C=O) groups excluding carboxylic acids is 1. The molecular formula is C23H23Cl2N5O2S. The fourth-order valence-electron chi connectivity index (χ4n) is 3.88. The van der Waals surface area contributed by atoms with Gasteiger partial charge in [-0.25, -0.2) is 0 Å². The number of nitrogens with zero attached hydrogens (tertiary/aromatic N) is 4. The van der Waals surface area contributed by atoms with Gasteiger partial charge in [-0.2, -0.15) is 10.4 Å². The zero-order chi connectivity index (χ0) is 23.5. The van der Waals surface area contributed by atoms with Crippen LogP contribution in [0.25, 0.3) is 11.1 Å². The highest BCUT2D eigenvalue weighted by Crippen LogP contribution is 2.44. The number of aromatic nitrogens is 2. The second kappa shape index (κ2) is 10.1. The van der Waals surface area contributed by atoms with E-state index in [-0.39, 0.29) is 5.91 Å². The lowest BCUT2D eigenvalue weighted by Crippen LogP contribution is -2.36. The van der Waals surface area contributed by atoms with E-state index in [4.69, 9.17) is 27.9 Å². The number of benzene rings is 1. The molecule has 33 heavy (non-hydrogen) atoms. The Morgan fingerprint density at radius 2 is 2.03 bits per heavy atom. The van der Waals surface area contributed by atoms with Crippen molar-refractivity contribution in [2.24, 2.45) is 0 Å². The quantitative estimate of drug-likeness (QED) is 0.528. The number of amides is 1. The average Bonchev–Trinajstić information content (AvgIpc) is 3.33. The van der Waals surface area contributed by atoms with Crippen LogP contribution in [0.15, 0.2) is 24.3 Å². The molecule has 172 valence electrons. The summed E-state index contributed by atoms with van der Waals surface area (Å²) >= 11 is 13.9. The lowest BCUT2D eigenvalue weighted by molar-refractivity contribution is 0.0956. The topological polar surface area (TPSA) is 83.2 Å². The highest BCUT2D eigenvalue weighted by atomic mass is 35.5. The largest absolute Gasteiger partial charge is 0.378 e. The number of aryl methyl sites for hydroxylation is 2. The molecule has 1 aliphatic rings. The molecule has 10 heteroatoms. The molecule has 2 aromatic heterocycles. The maximum Gasteiger partial charge on any atom is 0.262 e. The first-order valence-electron chi connectivity index (χ1n) is 10.5. The summed E-state index contributed by atoms with van der Waals surface area (Å²) in [6.07, 6.45) is 0. The van der Waals surface area contributed by atoms with Crippen LogP contribution in [0, 0.1) is 25.2 Å². The highest BCUT2D eigenvalue weighted by molar-refractivity contribution is 7.19. The van der Waals surface area contributed by atoms with E-state index < -0.39 is 0 Å². The number of morpholine rings is 1. The Balaban J connectivity index is 1.69. The van der Waals surface area contributed by atoms with Crippen LogP contribution in [-0.2, 0) is 11.3 Å². The number of ether oxygens (including phenoxy) is 1. The summed E-state index contributed by atoms with van der Waals surface area (Å²) < 4.78 is 7.32. The van der Waals surface area contributed by atoms with Gasteiger partial charge in [0.2, 0.25) is 0 Å². The van der Waals surface area contributed by atoms with Gasteiger partial charge >= 0.3 is 0 Å². The van der Waals surface area contributed by atoms with E-state index in [0.717, 1.165) is 16.4 Å². The van der Waals surface area contributed by atoms with Crippen LogP contribution < -0.4 is 10.2 Å². The van der Waals surface area contributed by atoms with Gasteiger partial charge in [0, 0.05) is 46.5 Å². The molecule has 0 aliphatic carbocycles. The molecule has 0 spiro atoms. The summed E-state index contributed by atoms with van der Waals surface area (Å²) in [5.41, 5.74) is 3.56. The van der Waals surface area contributed by atoms with Crippen molar-refractivity contribution in [1.82, 2.24) is 15.1 Å². The van der Waals surface area contributed by atoms with Crippen molar-refractivity contribution in [3.05, 3.63) is 56.1 Å². The lowest BCUT2D eigenvalue weighted by atomic mass is 10.0. The van der Waals surface area contributed by atoms with E-state index in [1.54, 1.807) is 18.2 Å². The van der Waals surface area contributed by atoms with Gasteiger partial charge in [-0.15, -0.1) is 11.3 Å². The van der Waals surface area contributed by atoms with Gasteiger partial charge < -0.3 is 15.0 Å². The van der Waals surface area contributed by atoms with Crippen molar-refractivity contribution in [2.45, 2.75) is 20.4 Å². The molecule has 3 aromatic rings. The van der Waals surface area contributed by atoms with Gasteiger partial charge in [-0.3, -0.25) is 9.48 Å². The van der Waals surface area contributed by atoms with Crippen LogP contribution in [0.3, 0.4) is 0 Å². The van der Waals surface area contributed by atoms with Gasteiger partial charge in [-0.1, -0.05) is 29.3 Å². The molecule has 0 unspecified atom stereocenters. The minimum absolute atomic E-state index is 0.251. The fraction of sp³-hybridized carbons (Fsp3) is 0.348. The summed E-state index contributed by atoms with van der Waals surface area (Å²) in [5, 5.41) is 19.1. The van der Waals surface area contributed by atoms with Crippen molar-refractivity contribution < 1.29 is 9.53 Å². The lowest BCUT2D eigenvalue weighted by Gasteiger charge is -2.27. The molecule has 3 heterocycles. The Hall–Kier alpha value is -2.57. The van der Waals surface area contributed by atoms with E-state index in [2.05, 4.69) is 21.4 Å². The summed E-state index contributed by atoms with van der Waals surface area (Å²) in [6, 6.07) is 9.39. The number of thiophene rings is 1. The normalized spacial score (nSPS) is 13.7. The SMILES string of the molecule is Cc1cc(C)n(CCNC(=O)c2sc(N3CCOCC3)c(C#N)c2-c2ccc(Cl)cc2Cl)n1. The van der Waals surface area contributed by atoms with Crippen molar-refractivity contribution >= 4 is 45.4 Å². The summed E-state index contributed by atoms with van der Waals surface area (Å²) in [6.45, 7) is 7.33. The molecule has 1 aliphatic heterocycles. The summed E-state index contributed by atoms with van der Waals surface area (Å²) in [5.74, 6) is -0.251. The van der Waals surface area contributed by atoms with Crippen molar-refractivity contribution in [3.8, 4) is 17.2 Å². The molecule has 0 radical (unpaired) electrons. The third-order valence-corrected chi connectivity index (χ3v) is 7.22. The second-order valence-electron chi connectivity index (χ2n) is 7.73. The first kappa shape index (κ1) is 23.6. The van der Waals surface area contributed by atoms with Crippen LogP contribution in [0.4, 0.5) is 5.00 Å². The molecule has 1 amide bonds. The maximum atomic E-state index is 13.3. The number of nitrogens with one attached hydrogen (secondary N) is 1. The molecule has 0 bridgehead atoms. The Labute approximate surface area is 206 Å². The predicted molar refractivity (Wildman–Crippen MR) is 132 cm³/mol. The van der Waals surface area contributed by atoms with Crippen molar-refractivity contribution in [1.29, 1.82) is 5.26 Å². The van der Waals surface area contributed by atoms with Crippen LogP contribution >= 0.6 is 34.5 Å². The number of anilines is 1. The highest BCUT2D eigenvalue weighted by Gasteiger charge is 2.28. The van der Waals surface area contributed by atoms with Crippen molar-refractivity contribution in [2.75, 3.05) is 37.7 Å². The zero-order valence-electron chi connectivity index (χ0n) is 18.3. The van der Waals surface area contributed by atoms with Gasteiger partial charge in [0.15, 0.2) is 0 Å². The summed E-state index contributed by atoms with van der Waals surface area (Å²) in [7, 11) is 0. The Morgan fingerprint density at radius 1 is 1.27 bits per heavy atom. The molecular weight excluding hydrogens is 481 g/mol. The Morgan fingerprint density at radius 3 is 2.67 bits per heavy atom. The number of rotatable bonds is 6. The first-order chi connectivity index (χ1) is 15.9. The zero-order valence-corrected chi connectivity index (χ0v) is 20.6. The van der Waals surface area contributed by atoms with E-state index in [9.17, 15) is 10.1 Å². The molecule has 1 saturated heterocycles. The number of nitriles is 1. The fourth-order valence-corrected chi connectivity index (χ4v) is 5.61. The van der Waals surface area contributed by atoms with Crippen LogP contribution in [-0.4, -0.2) is 48.5 Å². The smallest absolute Gasteiger partial charge is 0.262 e. The molecule has 4 rings (SSSR count). The third-order valence-electron chi connectivity index (χ3n) is 5.42. The minimum atomic E-state index is -0.251. The predicted octanol–water partition coefficient (Wildman–Crippen LogP) is 4.67. The number of hydrogen-bond acceptors (Lipinski definition) is 6. The number of carbonyl (C=O) groups is 1.